The van der Waals surface area contributed by atoms with Crippen molar-refractivity contribution in [3.8, 4) is 0 Å². The maximum atomic E-state index is 4.39. The molecule has 13 heavy (non-hydrogen) atoms. The Kier molecular flexibility index (Phi) is 1.30. The molecule has 2 heteroatoms. The summed E-state index contributed by atoms with van der Waals surface area (Å²) in [6.07, 6.45) is 2.98. The molecule has 1 aliphatic heterocycles. The first-order valence-corrected chi connectivity index (χ1v) is 4.55. The third-order valence-corrected chi connectivity index (χ3v) is 2.56. The molecule has 2 nitrogen and oxygen atoms in total. The second kappa shape index (κ2) is 2.46. The minimum atomic E-state index is 1.05. The van der Waals surface area contributed by atoms with E-state index < -0.39 is 0 Å². The molecular formula is C11H10N2. The second-order valence-corrected chi connectivity index (χ2v) is 3.35. The van der Waals surface area contributed by atoms with Gasteiger partial charge in [0.15, 0.2) is 0 Å². The van der Waals surface area contributed by atoms with Crippen molar-refractivity contribution in [1.29, 1.82) is 0 Å². The van der Waals surface area contributed by atoms with E-state index >= 15 is 0 Å². The highest BCUT2D eigenvalue weighted by molar-refractivity contribution is 5.92. The van der Waals surface area contributed by atoms with Gasteiger partial charge in [-0.15, -0.1) is 0 Å². The van der Waals surface area contributed by atoms with E-state index in [1.807, 2.05) is 12.3 Å². The normalized spacial score (nSPS) is 14.2. The number of rotatable bonds is 0. The second-order valence-electron chi connectivity index (χ2n) is 3.35. The molecule has 1 aromatic carbocycles. The van der Waals surface area contributed by atoms with Crippen molar-refractivity contribution in [2.24, 2.45) is 0 Å². The van der Waals surface area contributed by atoms with Gasteiger partial charge >= 0.3 is 0 Å². The summed E-state index contributed by atoms with van der Waals surface area (Å²) >= 11 is 0. The van der Waals surface area contributed by atoms with Gasteiger partial charge in [-0.3, -0.25) is 4.98 Å². The standard InChI is InChI=1S/C11H10N2/c1-2-8-3-4-9-5-7-13-11(9)10(8)12-6-1/h1-4,6,13H,5,7H2. The minimum Gasteiger partial charge on any atom is -0.383 e. The van der Waals surface area contributed by atoms with E-state index in [1.54, 1.807) is 0 Å². The van der Waals surface area contributed by atoms with Crippen LogP contribution in [0.5, 0.6) is 0 Å². The van der Waals surface area contributed by atoms with E-state index in [4.69, 9.17) is 0 Å². The van der Waals surface area contributed by atoms with Crippen LogP contribution in [0.1, 0.15) is 5.56 Å². The fraction of sp³-hybridized carbons (Fsp3) is 0.182. The largest absolute Gasteiger partial charge is 0.383 e. The monoisotopic (exact) mass is 170 g/mol. The quantitative estimate of drug-likeness (QED) is 0.655. The van der Waals surface area contributed by atoms with E-state index in [0.29, 0.717) is 0 Å². The molecule has 0 amide bonds. The van der Waals surface area contributed by atoms with Crippen LogP contribution in [0.25, 0.3) is 10.9 Å². The molecule has 2 aromatic rings. The van der Waals surface area contributed by atoms with Crippen LogP contribution in [0, 0.1) is 0 Å². The molecule has 0 bridgehead atoms. The van der Waals surface area contributed by atoms with Crippen molar-refractivity contribution < 1.29 is 0 Å². The molecule has 1 aromatic heterocycles. The average Bonchev–Trinajstić information content (AvgIpc) is 2.65. The van der Waals surface area contributed by atoms with E-state index in [1.165, 1.54) is 16.6 Å². The van der Waals surface area contributed by atoms with Crippen molar-refractivity contribution in [1.82, 2.24) is 4.98 Å². The maximum absolute atomic E-state index is 4.39. The Bertz CT molecular complexity index is 463. The van der Waals surface area contributed by atoms with Gasteiger partial charge in [-0.25, -0.2) is 0 Å². The van der Waals surface area contributed by atoms with Crippen LogP contribution in [0.2, 0.25) is 0 Å². The predicted octanol–water partition coefficient (Wildman–Crippen LogP) is 2.20. The van der Waals surface area contributed by atoms with Crippen LogP contribution in [0.4, 0.5) is 5.69 Å². The van der Waals surface area contributed by atoms with Crippen LogP contribution >= 0.6 is 0 Å². The van der Waals surface area contributed by atoms with Crippen molar-refractivity contribution >= 4 is 16.6 Å². The van der Waals surface area contributed by atoms with Crippen molar-refractivity contribution in [2.45, 2.75) is 6.42 Å². The van der Waals surface area contributed by atoms with E-state index in [9.17, 15) is 0 Å². The first kappa shape index (κ1) is 6.89. The first-order valence-electron chi connectivity index (χ1n) is 4.55. The van der Waals surface area contributed by atoms with Crippen molar-refractivity contribution in [3.05, 3.63) is 36.0 Å². The Morgan fingerprint density at radius 1 is 1.23 bits per heavy atom. The van der Waals surface area contributed by atoms with Crippen molar-refractivity contribution in [3.63, 3.8) is 0 Å². The van der Waals surface area contributed by atoms with Crippen LogP contribution in [0.15, 0.2) is 30.5 Å². The molecule has 64 valence electrons. The maximum Gasteiger partial charge on any atom is 0.0936 e. The lowest BCUT2D eigenvalue weighted by molar-refractivity contribution is 1.11. The van der Waals surface area contributed by atoms with Gasteiger partial charge in [0.2, 0.25) is 0 Å². The van der Waals surface area contributed by atoms with Gasteiger partial charge in [-0.05, 0) is 18.1 Å². The highest BCUT2D eigenvalue weighted by atomic mass is 14.9. The number of aromatic nitrogens is 1. The van der Waals surface area contributed by atoms with Crippen LogP contribution in [-0.2, 0) is 6.42 Å². The average molecular weight is 170 g/mol. The van der Waals surface area contributed by atoms with Gasteiger partial charge in [-0.2, -0.15) is 0 Å². The number of nitrogens with zero attached hydrogens (tertiary/aromatic N) is 1. The first-order chi connectivity index (χ1) is 6.45. The molecule has 0 saturated carbocycles. The zero-order valence-electron chi connectivity index (χ0n) is 7.25. The van der Waals surface area contributed by atoms with Crippen molar-refractivity contribution in [2.75, 3.05) is 11.9 Å². The number of hydrogen-bond donors (Lipinski definition) is 1. The molecule has 0 radical (unpaired) electrons. The van der Waals surface area contributed by atoms with E-state index in [-0.39, 0.29) is 0 Å². The Morgan fingerprint density at radius 3 is 3.23 bits per heavy atom. The SMILES string of the molecule is c1cnc2c3c(ccc2c1)CCN3. The number of nitrogens with one attached hydrogen (secondary N) is 1. The van der Waals surface area contributed by atoms with Gasteiger partial charge < -0.3 is 5.32 Å². The molecule has 3 rings (SSSR count). The molecule has 0 aliphatic carbocycles. The van der Waals surface area contributed by atoms with Gasteiger partial charge in [0, 0.05) is 18.1 Å². The summed E-state index contributed by atoms with van der Waals surface area (Å²) < 4.78 is 0. The molecule has 0 saturated heterocycles. The molecule has 1 aliphatic rings. The molecule has 0 spiro atoms. The topological polar surface area (TPSA) is 24.9 Å². The van der Waals surface area contributed by atoms with Gasteiger partial charge in [0.05, 0.1) is 11.2 Å². The Balaban J connectivity index is 2.43. The molecule has 2 heterocycles. The van der Waals surface area contributed by atoms with E-state index in [2.05, 4.69) is 28.5 Å². The molecule has 1 N–H and O–H groups in total. The summed E-state index contributed by atoms with van der Waals surface area (Å²) in [5.74, 6) is 0. The molecule has 0 atom stereocenters. The molecular weight excluding hydrogens is 160 g/mol. The lowest BCUT2D eigenvalue weighted by atomic mass is 10.1. The third kappa shape index (κ3) is 0.917. The number of fused-ring (bicyclic) bond motifs is 3. The smallest absolute Gasteiger partial charge is 0.0936 e. The van der Waals surface area contributed by atoms with Crippen LogP contribution < -0.4 is 5.32 Å². The Labute approximate surface area is 76.6 Å². The van der Waals surface area contributed by atoms with E-state index in [0.717, 1.165) is 18.5 Å². The Morgan fingerprint density at radius 2 is 2.23 bits per heavy atom. The van der Waals surface area contributed by atoms with Crippen LogP contribution in [-0.4, -0.2) is 11.5 Å². The number of anilines is 1. The lowest BCUT2D eigenvalue weighted by Gasteiger charge is -2.03. The number of pyridine rings is 1. The highest BCUT2D eigenvalue weighted by Gasteiger charge is 2.12. The summed E-state index contributed by atoms with van der Waals surface area (Å²) in [4.78, 5) is 4.39. The molecule has 0 fully saturated rings. The summed E-state index contributed by atoms with van der Waals surface area (Å²) in [6, 6.07) is 8.42. The van der Waals surface area contributed by atoms with Gasteiger partial charge in [0.1, 0.15) is 0 Å². The third-order valence-electron chi connectivity index (χ3n) is 2.56. The number of benzene rings is 1. The summed E-state index contributed by atoms with van der Waals surface area (Å²) in [7, 11) is 0. The van der Waals surface area contributed by atoms with Gasteiger partial charge in [-0.1, -0.05) is 18.2 Å². The zero-order chi connectivity index (χ0) is 8.67. The lowest BCUT2D eigenvalue weighted by Crippen LogP contribution is -1.92. The van der Waals surface area contributed by atoms with Crippen LogP contribution in [0.3, 0.4) is 0 Å². The minimum absolute atomic E-state index is 1.05. The predicted molar refractivity (Wildman–Crippen MR) is 53.9 cm³/mol. The molecule has 0 unspecified atom stereocenters. The zero-order valence-corrected chi connectivity index (χ0v) is 7.25. The summed E-state index contributed by atoms with van der Waals surface area (Å²) in [5, 5.41) is 4.60. The fourth-order valence-corrected chi connectivity index (χ4v) is 1.91. The van der Waals surface area contributed by atoms with Gasteiger partial charge in [0.25, 0.3) is 0 Å². The fourth-order valence-electron chi connectivity index (χ4n) is 1.91. The summed E-state index contributed by atoms with van der Waals surface area (Å²) in [6.45, 7) is 1.05. The summed E-state index contributed by atoms with van der Waals surface area (Å²) in [5.41, 5.74) is 3.74. The Hall–Kier alpha value is -1.57. The number of hydrogen-bond acceptors (Lipinski definition) is 2. The highest BCUT2D eigenvalue weighted by Crippen LogP contribution is 2.29.